The summed E-state index contributed by atoms with van der Waals surface area (Å²) in [5.74, 6) is 1.87. The fourth-order valence-corrected chi connectivity index (χ4v) is 4.10. The third-order valence-electron chi connectivity index (χ3n) is 5.08. The zero-order valence-electron chi connectivity index (χ0n) is 12.5. The van der Waals surface area contributed by atoms with Gasteiger partial charge in [-0.3, -0.25) is 0 Å². The average Bonchev–Trinajstić information content (AvgIpc) is 2.40. The van der Waals surface area contributed by atoms with Crippen molar-refractivity contribution in [3.63, 3.8) is 0 Å². The first kappa shape index (κ1) is 13.0. The molecule has 1 atom stereocenters. The van der Waals surface area contributed by atoms with Gasteiger partial charge < -0.3 is 5.32 Å². The van der Waals surface area contributed by atoms with Gasteiger partial charge >= 0.3 is 0 Å². The van der Waals surface area contributed by atoms with E-state index >= 15 is 0 Å². The van der Waals surface area contributed by atoms with Crippen molar-refractivity contribution in [2.45, 2.75) is 58.8 Å². The molecule has 2 aliphatic rings. The van der Waals surface area contributed by atoms with Gasteiger partial charge in [0.25, 0.3) is 0 Å². The summed E-state index contributed by atoms with van der Waals surface area (Å²) < 4.78 is 0. The van der Waals surface area contributed by atoms with E-state index < -0.39 is 0 Å². The highest BCUT2D eigenvalue weighted by Crippen LogP contribution is 2.35. The van der Waals surface area contributed by atoms with Crippen LogP contribution in [0.15, 0.2) is 12.1 Å². The minimum Gasteiger partial charge on any atom is -0.385 e. The highest BCUT2D eigenvalue weighted by atomic mass is 14.9. The molecule has 0 bridgehead atoms. The molecular weight excluding hydrogens is 230 g/mol. The average molecular weight is 257 g/mol. The molecule has 0 radical (unpaired) electrons. The fourth-order valence-electron chi connectivity index (χ4n) is 4.10. The van der Waals surface area contributed by atoms with E-state index in [4.69, 9.17) is 0 Å². The van der Waals surface area contributed by atoms with Crippen molar-refractivity contribution in [3.8, 4) is 0 Å². The minimum atomic E-state index is 0.858. The molecule has 1 saturated carbocycles. The second-order valence-electron chi connectivity index (χ2n) is 6.80. The molecule has 1 aromatic rings. The maximum atomic E-state index is 3.68. The molecule has 0 aromatic heterocycles. The Hall–Kier alpha value is -0.980. The zero-order chi connectivity index (χ0) is 13.2. The van der Waals surface area contributed by atoms with E-state index in [0.717, 1.165) is 11.8 Å². The molecule has 1 heteroatoms. The minimum absolute atomic E-state index is 0.858. The summed E-state index contributed by atoms with van der Waals surface area (Å²) in [6.07, 6.45) is 10.1. The van der Waals surface area contributed by atoms with Crippen molar-refractivity contribution in [2.75, 3.05) is 11.9 Å². The smallest absolute Gasteiger partial charge is 0.0378 e. The Labute approximate surface area is 117 Å². The first-order valence-corrected chi connectivity index (χ1v) is 8.06. The summed E-state index contributed by atoms with van der Waals surface area (Å²) in [5, 5.41) is 3.68. The van der Waals surface area contributed by atoms with Gasteiger partial charge in [0.2, 0.25) is 0 Å². The Bertz CT molecular complexity index is 443. The maximum Gasteiger partial charge on any atom is 0.0378 e. The van der Waals surface area contributed by atoms with Crippen LogP contribution in [0.1, 0.15) is 55.2 Å². The standard InChI is InChI=1S/C18H27N/c1-13-8-14(2)17-11-16(12-19-18(17)9-13)10-15-6-4-3-5-7-15/h8-9,15-16,19H,3-7,10-12H2,1-2H3. The van der Waals surface area contributed by atoms with Gasteiger partial charge in [-0.15, -0.1) is 0 Å². The molecule has 1 aliphatic heterocycles. The number of aryl methyl sites for hydroxylation is 2. The van der Waals surface area contributed by atoms with Crippen molar-refractivity contribution in [2.24, 2.45) is 11.8 Å². The van der Waals surface area contributed by atoms with Crippen LogP contribution in [0.3, 0.4) is 0 Å². The zero-order valence-corrected chi connectivity index (χ0v) is 12.5. The number of anilines is 1. The molecule has 19 heavy (non-hydrogen) atoms. The molecule has 1 nitrogen and oxygen atoms in total. The number of nitrogens with one attached hydrogen (secondary N) is 1. The highest BCUT2D eigenvalue weighted by Gasteiger charge is 2.24. The second-order valence-corrected chi connectivity index (χ2v) is 6.80. The molecule has 3 rings (SSSR count). The van der Waals surface area contributed by atoms with E-state index in [0.29, 0.717) is 0 Å². The second kappa shape index (κ2) is 5.56. The third-order valence-corrected chi connectivity index (χ3v) is 5.08. The summed E-state index contributed by atoms with van der Waals surface area (Å²) in [6.45, 7) is 5.66. The lowest BCUT2D eigenvalue weighted by Gasteiger charge is -2.32. The van der Waals surface area contributed by atoms with Crippen molar-refractivity contribution in [3.05, 3.63) is 28.8 Å². The molecule has 104 valence electrons. The quantitative estimate of drug-likeness (QED) is 0.798. The fraction of sp³-hybridized carbons (Fsp3) is 0.667. The van der Waals surface area contributed by atoms with E-state index in [1.54, 1.807) is 5.56 Å². The summed E-state index contributed by atoms with van der Waals surface area (Å²) in [4.78, 5) is 0. The first-order chi connectivity index (χ1) is 9.22. The number of rotatable bonds is 2. The van der Waals surface area contributed by atoms with Gasteiger partial charge in [0.1, 0.15) is 0 Å². The largest absolute Gasteiger partial charge is 0.385 e. The van der Waals surface area contributed by atoms with E-state index in [1.165, 1.54) is 68.3 Å². The van der Waals surface area contributed by atoms with Gasteiger partial charge in [0.05, 0.1) is 0 Å². The van der Waals surface area contributed by atoms with Crippen LogP contribution in [0.25, 0.3) is 0 Å². The van der Waals surface area contributed by atoms with Crippen LogP contribution in [-0.4, -0.2) is 6.54 Å². The Kier molecular flexibility index (Phi) is 3.81. The lowest BCUT2D eigenvalue weighted by Crippen LogP contribution is -2.26. The van der Waals surface area contributed by atoms with Gasteiger partial charge in [-0.2, -0.15) is 0 Å². The molecule has 1 aromatic carbocycles. The van der Waals surface area contributed by atoms with Crippen molar-refractivity contribution in [1.29, 1.82) is 0 Å². The summed E-state index contributed by atoms with van der Waals surface area (Å²) in [5.41, 5.74) is 5.85. The Morgan fingerprint density at radius 3 is 2.63 bits per heavy atom. The van der Waals surface area contributed by atoms with Crippen LogP contribution in [0.5, 0.6) is 0 Å². The molecule has 0 saturated heterocycles. The lowest BCUT2D eigenvalue weighted by atomic mass is 9.79. The molecular formula is C18H27N. The Morgan fingerprint density at radius 2 is 1.84 bits per heavy atom. The number of benzene rings is 1. The molecule has 1 fully saturated rings. The van der Waals surface area contributed by atoms with Gasteiger partial charge in [0, 0.05) is 12.2 Å². The Morgan fingerprint density at radius 1 is 1.05 bits per heavy atom. The molecule has 1 aliphatic carbocycles. The SMILES string of the molecule is Cc1cc(C)c2c(c1)NCC(CC1CCCCC1)C2. The van der Waals surface area contributed by atoms with Crippen LogP contribution in [0.2, 0.25) is 0 Å². The van der Waals surface area contributed by atoms with Gasteiger partial charge in [-0.25, -0.2) is 0 Å². The van der Waals surface area contributed by atoms with Gasteiger partial charge in [-0.1, -0.05) is 38.2 Å². The number of hydrogen-bond donors (Lipinski definition) is 1. The normalized spacial score (nSPS) is 23.8. The number of fused-ring (bicyclic) bond motifs is 1. The first-order valence-electron chi connectivity index (χ1n) is 8.06. The van der Waals surface area contributed by atoms with Crippen molar-refractivity contribution in [1.82, 2.24) is 0 Å². The summed E-state index contributed by atoms with van der Waals surface area (Å²) >= 11 is 0. The molecule has 0 spiro atoms. The molecule has 0 amide bonds. The third kappa shape index (κ3) is 2.96. The topological polar surface area (TPSA) is 12.0 Å². The Balaban J connectivity index is 1.68. The predicted molar refractivity (Wildman–Crippen MR) is 82.8 cm³/mol. The van der Waals surface area contributed by atoms with Crippen LogP contribution in [0.4, 0.5) is 5.69 Å². The van der Waals surface area contributed by atoms with Crippen molar-refractivity contribution >= 4 is 5.69 Å². The van der Waals surface area contributed by atoms with Crippen LogP contribution >= 0.6 is 0 Å². The van der Waals surface area contributed by atoms with E-state index in [2.05, 4.69) is 31.3 Å². The number of hydrogen-bond acceptors (Lipinski definition) is 1. The van der Waals surface area contributed by atoms with E-state index in [-0.39, 0.29) is 0 Å². The van der Waals surface area contributed by atoms with Crippen LogP contribution in [0, 0.1) is 25.7 Å². The summed E-state index contributed by atoms with van der Waals surface area (Å²) in [7, 11) is 0. The van der Waals surface area contributed by atoms with Crippen LogP contribution < -0.4 is 5.32 Å². The maximum absolute atomic E-state index is 3.68. The monoisotopic (exact) mass is 257 g/mol. The van der Waals surface area contributed by atoms with Crippen LogP contribution in [-0.2, 0) is 6.42 Å². The summed E-state index contributed by atoms with van der Waals surface area (Å²) in [6, 6.07) is 4.66. The molecule has 1 N–H and O–H groups in total. The lowest BCUT2D eigenvalue weighted by molar-refractivity contribution is 0.289. The van der Waals surface area contributed by atoms with E-state index in [9.17, 15) is 0 Å². The molecule has 1 heterocycles. The predicted octanol–water partition coefficient (Wildman–Crippen LogP) is 4.86. The highest BCUT2D eigenvalue weighted by molar-refractivity contribution is 5.58. The van der Waals surface area contributed by atoms with Gasteiger partial charge in [-0.05, 0) is 61.3 Å². The van der Waals surface area contributed by atoms with E-state index in [1.807, 2.05) is 0 Å². The molecule has 1 unspecified atom stereocenters. The van der Waals surface area contributed by atoms with Gasteiger partial charge in [0.15, 0.2) is 0 Å². The van der Waals surface area contributed by atoms with Crippen molar-refractivity contribution < 1.29 is 0 Å².